The third-order valence-electron chi connectivity index (χ3n) is 2.64. The largest absolute Gasteiger partial charge is 0.336 e. The van der Waals surface area contributed by atoms with Gasteiger partial charge in [-0.05, 0) is 39.8 Å². The van der Waals surface area contributed by atoms with Crippen molar-refractivity contribution in [3.8, 4) is 0 Å². The Hall–Kier alpha value is -2.82. The summed E-state index contributed by atoms with van der Waals surface area (Å²) in [6.07, 6.45) is 0. The fourth-order valence-corrected chi connectivity index (χ4v) is 2.63. The molecule has 0 unspecified atom stereocenters. The molecule has 3 N–H and O–H groups in total. The Morgan fingerprint density at radius 3 is 1.71 bits per heavy atom. The lowest BCUT2D eigenvalue weighted by Gasteiger charge is -2.10. The Balaban J connectivity index is 2.06. The average molecular weight is 351 g/mol. The minimum atomic E-state index is -4.20. The van der Waals surface area contributed by atoms with Gasteiger partial charge in [0.15, 0.2) is 0 Å². The number of anilines is 2. The second kappa shape index (κ2) is 6.74. The van der Waals surface area contributed by atoms with Gasteiger partial charge in [-0.15, -0.1) is 0 Å². The molecule has 2 heterocycles. The Morgan fingerprint density at radius 2 is 1.25 bits per heavy atom. The smallest absolute Gasteiger partial charge is 0.275 e. The second-order valence-corrected chi connectivity index (χ2v) is 6.53. The maximum absolute atomic E-state index is 12.0. The van der Waals surface area contributed by atoms with Crippen molar-refractivity contribution in [1.82, 2.24) is 24.7 Å². The number of aryl methyl sites for hydroxylation is 4. The molecule has 0 saturated heterocycles. The summed E-state index contributed by atoms with van der Waals surface area (Å²) in [6, 6.07) is 2.41. The molecule has 0 aliphatic rings. The normalized spacial score (nSPS) is 11.0. The van der Waals surface area contributed by atoms with E-state index in [1.165, 1.54) is 0 Å². The highest BCUT2D eigenvalue weighted by atomic mass is 32.2. The van der Waals surface area contributed by atoms with Crippen LogP contribution in [0.3, 0.4) is 0 Å². The summed E-state index contributed by atoms with van der Waals surface area (Å²) in [5.41, 5.74) is 2.46. The Bertz CT molecular complexity index is 843. The van der Waals surface area contributed by atoms with Crippen LogP contribution >= 0.6 is 0 Å². The van der Waals surface area contributed by atoms with Gasteiger partial charge in [0.1, 0.15) is 0 Å². The molecule has 0 saturated carbocycles. The van der Waals surface area contributed by atoms with Crippen LogP contribution in [0.15, 0.2) is 12.1 Å². The minimum absolute atomic E-state index is 0.00264. The molecule has 0 radical (unpaired) electrons. The zero-order valence-electron chi connectivity index (χ0n) is 13.6. The maximum Gasteiger partial charge on any atom is 0.336 e. The summed E-state index contributed by atoms with van der Waals surface area (Å²) in [5.74, 6) is -0.127. The highest BCUT2D eigenvalue weighted by Crippen LogP contribution is 2.06. The van der Waals surface area contributed by atoms with Gasteiger partial charge in [0, 0.05) is 22.8 Å². The zero-order valence-corrected chi connectivity index (χ0v) is 14.4. The first-order chi connectivity index (χ1) is 11.1. The van der Waals surface area contributed by atoms with Crippen LogP contribution in [0.4, 0.5) is 16.7 Å². The number of rotatable bonds is 4. The van der Waals surface area contributed by atoms with E-state index in [0.29, 0.717) is 22.8 Å². The lowest BCUT2D eigenvalue weighted by Crippen LogP contribution is -2.39. The number of nitrogens with one attached hydrogen (secondary N) is 3. The van der Waals surface area contributed by atoms with E-state index in [-0.39, 0.29) is 11.9 Å². The molecule has 2 amide bonds. The van der Waals surface area contributed by atoms with Crippen LogP contribution < -0.4 is 14.8 Å². The topological polar surface area (TPSA) is 139 Å². The van der Waals surface area contributed by atoms with Crippen molar-refractivity contribution < 1.29 is 13.2 Å². The van der Waals surface area contributed by atoms with Crippen molar-refractivity contribution in [2.45, 2.75) is 27.7 Å². The predicted molar refractivity (Wildman–Crippen MR) is 87.7 cm³/mol. The number of hydrogen-bond donors (Lipinski definition) is 3. The molecule has 11 heteroatoms. The summed E-state index contributed by atoms with van der Waals surface area (Å²) in [7, 11) is -4.20. The molecule has 24 heavy (non-hydrogen) atoms. The quantitative estimate of drug-likeness (QED) is 0.746. The third-order valence-corrected chi connectivity index (χ3v) is 3.55. The summed E-state index contributed by atoms with van der Waals surface area (Å²) in [4.78, 5) is 27.7. The van der Waals surface area contributed by atoms with E-state index in [1.54, 1.807) is 44.5 Å². The number of aromatic nitrogens is 4. The van der Waals surface area contributed by atoms with Crippen LogP contribution in [0.2, 0.25) is 0 Å². The highest BCUT2D eigenvalue weighted by molar-refractivity contribution is 7.91. The van der Waals surface area contributed by atoms with Crippen LogP contribution in [-0.4, -0.2) is 34.4 Å². The molecule has 0 bridgehead atoms. The summed E-state index contributed by atoms with van der Waals surface area (Å²) in [5, 5.41) is 2.26. The van der Waals surface area contributed by atoms with Gasteiger partial charge in [-0.2, -0.15) is 8.42 Å². The van der Waals surface area contributed by atoms with Gasteiger partial charge in [0.05, 0.1) is 0 Å². The van der Waals surface area contributed by atoms with Gasteiger partial charge < -0.3 is 0 Å². The fourth-order valence-electron chi connectivity index (χ4n) is 1.95. The first kappa shape index (κ1) is 17.5. The van der Waals surface area contributed by atoms with Crippen molar-refractivity contribution in [2.24, 2.45) is 0 Å². The lowest BCUT2D eigenvalue weighted by atomic mass is 10.4. The first-order valence-electron chi connectivity index (χ1n) is 6.89. The number of amides is 2. The average Bonchev–Trinajstić information content (AvgIpc) is 2.33. The first-order valence-corrected chi connectivity index (χ1v) is 8.37. The number of nitrogens with zero attached hydrogens (tertiary/aromatic N) is 4. The predicted octanol–water partition coefficient (Wildman–Crippen LogP) is 0.979. The van der Waals surface area contributed by atoms with E-state index in [4.69, 9.17) is 0 Å². The molecule has 0 atom stereocenters. The Kier molecular flexibility index (Phi) is 4.93. The third kappa shape index (κ3) is 5.12. The molecule has 0 fully saturated rings. The molecule has 2 aromatic rings. The molecular formula is C13H17N7O3S. The molecule has 2 rings (SSSR count). The van der Waals surface area contributed by atoms with E-state index in [2.05, 4.69) is 30.0 Å². The SMILES string of the molecule is Cc1cc(C)nc(NC(=O)NS(=O)(=O)Nc2nc(C)cc(C)n2)n1. The van der Waals surface area contributed by atoms with Crippen molar-refractivity contribution >= 4 is 28.1 Å². The molecule has 2 aromatic heterocycles. The van der Waals surface area contributed by atoms with Crippen molar-refractivity contribution in [3.63, 3.8) is 0 Å². The lowest BCUT2D eigenvalue weighted by molar-refractivity contribution is 0.256. The van der Waals surface area contributed by atoms with E-state index in [0.717, 1.165) is 0 Å². The molecule has 0 aliphatic heterocycles. The van der Waals surface area contributed by atoms with Crippen LogP contribution in [-0.2, 0) is 10.2 Å². The fraction of sp³-hybridized carbons (Fsp3) is 0.308. The van der Waals surface area contributed by atoms with Crippen LogP contribution in [0.5, 0.6) is 0 Å². The molecule has 0 aliphatic carbocycles. The van der Waals surface area contributed by atoms with E-state index in [1.807, 2.05) is 0 Å². The molecule has 10 nitrogen and oxygen atoms in total. The maximum atomic E-state index is 12.0. The highest BCUT2D eigenvalue weighted by Gasteiger charge is 2.17. The molecule has 0 aromatic carbocycles. The Morgan fingerprint density at radius 1 is 0.833 bits per heavy atom. The summed E-state index contributed by atoms with van der Waals surface area (Å²) in [6.45, 7) is 6.86. The standard InChI is InChI=1S/C13H17N7O3S/c1-7-5-8(2)15-11(14-7)18-13(21)20-24(22,23)19-12-16-9(3)6-10(4)17-12/h5-6H,1-4H3,(H,16,17,19)(H2,14,15,18,20,21). The van der Waals surface area contributed by atoms with Crippen LogP contribution in [0.25, 0.3) is 0 Å². The monoisotopic (exact) mass is 351 g/mol. The van der Waals surface area contributed by atoms with E-state index < -0.39 is 16.2 Å². The molecular weight excluding hydrogens is 334 g/mol. The summed E-state index contributed by atoms with van der Waals surface area (Å²) >= 11 is 0. The molecule has 0 spiro atoms. The Labute approximate surface area is 139 Å². The second-order valence-electron chi connectivity index (χ2n) is 5.11. The van der Waals surface area contributed by atoms with Crippen molar-refractivity contribution in [3.05, 3.63) is 34.9 Å². The van der Waals surface area contributed by atoms with Crippen LogP contribution in [0, 0.1) is 27.7 Å². The van der Waals surface area contributed by atoms with Crippen molar-refractivity contribution in [1.29, 1.82) is 0 Å². The van der Waals surface area contributed by atoms with Crippen LogP contribution in [0.1, 0.15) is 22.8 Å². The van der Waals surface area contributed by atoms with Gasteiger partial charge in [0.2, 0.25) is 11.9 Å². The van der Waals surface area contributed by atoms with Gasteiger partial charge in [-0.1, -0.05) is 0 Å². The van der Waals surface area contributed by atoms with E-state index >= 15 is 0 Å². The zero-order chi connectivity index (χ0) is 17.9. The number of hydrogen-bond acceptors (Lipinski definition) is 7. The van der Waals surface area contributed by atoms with Gasteiger partial charge in [-0.25, -0.2) is 34.2 Å². The summed E-state index contributed by atoms with van der Waals surface area (Å²) < 4.78 is 27.8. The van der Waals surface area contributed by atoms with Gasteiger partial charge >= 0.3 is 16.2 Å². The number of carbonyl (C=O) groups excluding carboxylic acids is 1. The van der Waals surface area contributed by atoms with E-state index in [9.17, 15) is 13.2 Å². The number of urea groups is 1. The van der Waals surface area contributed by atoms with Crippen molar-refractivity contribution in [2.75, 3.05) is 10.0 Å². The minimum Gasteiger partial charge on any atom is -0.275 e. The number of carbonyl (C=O) groups is 1. The van der Waals surface area contributed by atoms with Gasteiger partial charge in [0.25, 0.3) is 0 Å². The molecule has 128 valence electrons. The van der Waals surface area contributed by atoms with Gasteiger partial charge in [-0.3, -0.25) is 5.32 Å².